The molecule has 8 heteroatoms. The fraction of sp³-hybridized carbons (Fsp3) is 0.188. The summed E-state index contributed by atoms with van der Waals surface area (Å²) in [4.78, 5) is 11.7. The number of benzene rings is 2. The first-order valence-electron chi connectivity index (χ1n) is 6.85. The molecule has 1 N–H and O–H groups in total. The molecule has 0 bridgehead atoms. The highest BCUT2D eigenvalue weighted by Crippen LogP contribution is 2.25. The SMILES string of the molecule is O=C(Nc1ccc(Cl)c(Cl)c1)OCC(Cl)COc1ccc(Cl)cc1. The summed E-state index contributed by atoms with van der Waals surface area (Å²) < 4.78 is 10.5. The Hall–Kier alpha value is -1.33. The molecule has 1 amide bonds. The van der Waals surface area contributed by atoms with Crippen molar-refractivity contribution in [2.45, 2.75) is 5.38 Å². The molecule has 0 saturated heterocycles. The number of hydrogen-bond donors (Lipinski definition) is 1. The van der Waals surface area contributed by atoms with E-state index in [2.05, 4.69) is 5.32 Å². The zero-order chi connectivity index (χ0) is 17.5. The van der Waals surface area contributed by atoms with Crippen LogP contribution in [0.2, 0.25) is 15.1 Å². The van der Waals surface area contributed by atoms with Crippen molar-refractivity contribution in [1.29, 1.82) is 0 Å². The Morgan fingerprint density at radius 1 is 1.00 bits per heavy atom. The monoisotopic (exact) mass is 407 g/mol. The molecule has 0 saturated carbocycles. The summed E-state index contributed by atoms with van der Waals surface area (Å²) in [6.45, 7) is 0.172. The lowest BCUT2D eigenvalue weighted by Gasteiger charge is -2.13. The van der Waals surface area contributed by atoms with Crippen LogP contribution >= 0.6 is 46.4 Å². The molecule has 0 aliphatic carbocycles. The van der Waals surface area contributed by atoms with Gasteiger partial charge in [0.25, 0.3) is 0 Å². The second kappa shape index (κ2) is 9.23. The quantitative estimate of drug-likeness (QED) is 0.607. The molecule has 2 aromatic rings. The molecule has 128 valence electrons. The Morgan fingerprint density at radius 3 is 2.38 bits per heavy atom. The molecule has 0 spiro atoms. The van der Waals surface area contributed by atoms with E-state index in [1.807, 2.05) is 0 Å². The number of carbonyl (C=O) groups is 1. The minimum atomic E-state index is -0.648. The van der Waals surface area contributed by atoms with Gasteiger partial charge in [0, 0.05) is 10.7 Å². The number of amides is 1. The van der Waals surface area contributed by atoms with Crippen molar-refractivity contribution in [2.75, 3.05) is 18.5 Å². The lowest BCUT2D eigenvalue weighted by Crippen LogP contribution is -2.23. The maximum Gasteiger partial charge on any atom is 0.411 e. The summed E-state index contributed by atoms with van der Waals surface area (Å²) in [6.07, 6.45) is -0.648. The Kier molecular flexibility index (Phi) is 7.31. The predicted molar refractivity (Wildman–Crippen MR) is 98.0 cm³/mol. The number of alkyl halides is 1. The van der Waals surface area contributed by atoms with Gasteiger partial charge in [-0.05, 0) is 42.5 Å². The van der Waals surface area contributed by atoms with Crippen LogP contribution in [-0.4, -0.2) is 24.7 Å². The number of ether oxygens (including phenoxy) is 2. The second-order valence-corrected chi connectivity index (χ2v) is 6.58. The number of carbonyl (C=O) groups excluding carboxylic acids is 1. The van der Waals surface area contributed by atoms with Crippen molar-refractivity contribution in [3.05, 3.63) is 57.5 Å². The van der Waals surface area contributed by atoms with Gasteiger partial charge in [-0.2, -0.15) is 0 Å². The van der Waals surface area contributed by atoms with Gasteiger partial charge in [-0.1, -0.05) is 34.8 Å². The first-order chi connectivity index (χ1) is 11.4. The van der Waals surface area contributed by atoms with E-state index >= 15 is 0 Å². The lowest BCUT2D eigenvalue weighted by molar-refractivity contribution is 0.153. The zero-order valence-electron chi connectivity index (χ0n) is 12.3. The predicted octanol–water partition coefficient (Wildman–Crippen LogP) is 5.88. The highest BCUT2D eigenvalue weighted by Gasteiger charge is 2.11. The molecule has 2 rings (SSSR count). The van der Waals surface area contributed by atoms with Crippen molar-refractivity contribution in [3.63, 3.8) is 0 Å². The summed E-state index contributed by atoms with van der Waals surface area (Å²) in [6, 6.07) is 11.6. The molecule has 24 heavy (non-hydrogen) atoms. The summed E-state index contributed by atoms with van der Waals surface area (Å²) in [5.41, 5.74) is 0.470. The van der Waals surface area contributed by atoms with Gasteiger partial charge in [-0.25, -0.2) is 4.79 Å². The van der Waals surface area contributed by atoms with Crippen molar-refractivity contribution in [2.24, 2.45) is 0 Å². The molecule has 4 nitrogen and oxygen atoms in total. The normalized spacial score (nSPS) is 11.7. The molecular formula is C16H13Cl4NO3. The number of hydrogen-bond acceptors (Lipinski definition) is 3. The third kappa shape index (κ3) is 6.29. The van der Waals surface area contributed by atoms with Crippen molar-refractivity contribution < 1.29 is 14.3 Å². The van der Waals surface area contributed by atoms with Crippen LogP contribution in [0.25, 0.3) is 0 Å². The number of halogens is 4. The van der Waals surface area contributed by atoms with Crippen LogP contribution in [0, 0.1) is 0 Å². The fourth-order valence-electron chi connectivity index (χ4n) is 1.66. The van der Waals surface area contributed by atoms with Gasteiger partial charge in [0.1, 0.15) is 24.3 Å². The molecule has 0 aliphatic heterocycles. The molecule has 0 fully saturated rings. The third-order valence-corrected chi connectivity index (χ3v) is 4.05. The minimum Gasteiger partial charge on any atom is -0.492 e. The summed E-state index contributed by atoms with van der Waals surface area (Å²) in [5, 5.41) is 3.38. The van der Waals surface area contributed by atoms with Gasteiger partial charge < -0.3 is 9.47 Å². The fourth-order valence-corrected chi connectivity index (χ4v) is 2.21. The molecule has 0 radical (unpaired) electrons. The average Bonchev–Trinajstić information content (AvgIpc) is 2.56. The number of rotatable bonds is 6. The Bertz CT molecular complexity index is 694. The summed E-state index contributed by atoms with van der Waals surface area (Å²) in [5.74, 6) is 0.630. The van der Waals surface area contributed by atoms with Crippen molar-refractivity contribution in [1.82, 2.24) is 0 Å². The number of anilines is 1. The van der Waals surface area contributed by atoms with Crippen molar-refractivity contribution >= 4 is 58.2 Å². The summed E-state index contributed by atoms with van der Waals surface area (Å²) >= 11 is 23.5. The van der Waals surface area contributed by atoms with Crippen molar-refractivity contribution in [3.8, 4) is 5.75 Å². The van der Waals surface area contributed by atoms with Crippen LogP contribution < -0.4 is 10.1 Å². The van der Waals surface area contributed by atoms with Crippen LogP contribution in [0.15, 0.2) is 42.5 Å². The third-order valence-electron chi connectivity index (χ3n) is 2.81. The smallest absolute Gasteiger partial charge is 0.411 e. The Labute approximate surface area is 159 Å². The average molecular weight is 409 g/mol. The van der Waals surface area contributed by atoms with E-state index in [1.165, 1.54) is 6.07 Å². The van der Waals surface area contributed by atoms with Crippen LogP contribution in [-0.2, 0) is 4.74 Å². The molecule has 2 aromatic carbocycles. The van der Waals surface area contributed by atoms with E-state index in [0.29, 0.717) is 26.5 Å². The van der Waals surface area contributed by atoms with Gasteiger partial charge in [0.05, 0.1) is 10.0 Å². The second-order valence-electron chi connectivity index (χ2n) is 4.71. The number of nitrogens with one attached hydrogen (secondary N) is 1. The minimum absolute atomic E-state index is 0.0116. The standard InChI is InChI=1S/C16H13Cl4NO3/c17-10-1-4-13(5-2-10)23-8-11(18)9-24-16(22)21-12-3-6-14(19)15(20)7-12/h1-7,11H,8-9H2,(H,21,22). The molecular weight excluding hydrogens is 396 g/mol. The molecule has 1 atom stereocenters. The lowest BCUT2D eigenvalue weighted by atomic mass is 10.3. The zero-order valence-corrected chi connectivity index (χ0v) is 15.3. The molecule has 0 aliphatic rings. The first-order valence-corrected chi connectivity index (χ1v) is 8.42. The largest absolute Gasteiger partial charge is 0.492 e. The highest BCUT2D eigenvalue weighted by molar-refractivity contribution is 6.42. The molecule has 1 unspecified atom stereocenters. The van der Waals surface area contributed by atoms with Gasteiger partial charge in [0.2, 0.25) is 0 Å². The topological polar surface area (TPSA) is 47.6 Å². The highest BCUT2D eigenvalue weighted by atomic mass is 35.5. The van der Waals surface area contributed by atoms with Crippen LogP contribution in [0.5, 0.6) is 5.75 Å². The summed E-state index contributed by atoms with van der Waals surface area (Å²) in [7, 11) is 0. The van der Waals surface area contributed by atoms with E-state index in [1.54, 1.807) is 36.4 Å². The maximum atomic E-state index is 11.7. The van der Waals surface area contributed by atoms with Crippen LogP contribution in [0.3, 0.4) is 0 Å². The Morgan fingerprint density at radius 2 is 1.71 bits per heavy atom. The van der Waals surface area contributed by atoms with E-state index in [0.717, 1.165) is 0 Å². The van der Waals surface area contributed by atoms with Gasteiger partial charge in [-0.15, -0.1) is 11.6 Å². The van der Waals surface area contributed by atoms with E-state index < -0.39 is 11.5 Å². The molecule has 0 aromatic heterocycles. The van der Waals surface area contributed by atoms with E-state index in [-0.39, 0.29) is 13.2 Å². The van der Waals surface area contributed by atoms with Crippen LogP contribution in [0.1, 0.15) is 0 Å². The van der Waals surface area contributed by atoms with Gasteiger partial charge >= 0.3 is 6.09 Å². The van der Waals surface area contributed by atoms with Crippen LogP contribution in [0.4, 0.5) is 10.5 Å². The van der Waals surface area contributed by atoms with Gasteiger partial charge in [-0.3, -0.25) is 5.32 Å². The first kappa shape index (κ1) is 19.0. The molecule has 0 heterocycles. The van der Waals surface area contributed by atoms with Gasteiger partial charge in [0.15, 0.2) is 0 Å². The maximum absolute atomic E-state index is 11.7. The Balaban J connectivity index is 1.72. The van der Waals surface area contributed by atoms with E-state index in [9.17, 15) is 4.79 Å². The van der Waals surface area contributed by atoms with E-state index in [4.69, 9.17) is 55.9 Å².